The summed E-state index contributed by atoms with van der Waals surface area (Å²) in [5.74, 6) is 1.13. The van der Waals surface area contributed by atoms with E-state index < -0.39 is 5.41 Å². The third-order valence-corrected chi connectivity index (χ3v) is 4.14. The molecule has 1 aromatic carbocycles. The van der Waals surface area contributed by atoms with Crippen LogP contribution < -0.4 is 10.1 Å². The first kappa shape index (κ1) is 21.7. The Morgan fingerprint density at radius 1 is 1.38 bits per heavy atom. The van der Waals surface area contributed by atoms with Crippen LogP contribution in [0.5, 0.6) is 5.75 Å². The number of aliphatic imine (C=N–C) groups is 1. The van der Waals surface area contributed by atoms with E-state index >= 15 is 0 Å². The highest BCUT2D eigenvalue weighted by atomic mass is 16.5. The van der Waals surface area contributed by atoms with E-state index in [-0.39, 0.29) is 5.91 Å². The molecule has 0 aliphatic carbocycles. The van der Waals surface area contributed by atoms with E-state index in [1.807, 2.05) is 45.0 Å². The largest absolute Gasteiger partial charge is 0.496 e. The van der Waals surface area contributed by atoms with Gasteiger partial charge in [0.15, 0.2) is 0 Å². The van der Waals surface area contributed by atoms with Crippen molar-refractivity contribution in [3.8, 4) is 5.75 Å². The summed E-state index contributed by atoms with van der Waals surface area (Å²) >= 11 is 0. The molecule has 0 fully saturated rings. The summed E-state index contributed by atoms with van der Waals surface area (Å²) in [6.07, 6.45) is 3.75. The molecule has 0 aliphatic rings. The van der Waals surface area contributed by atoms with Crippen LogP contribution in [-0.2, 0) is 10.2 Å². The number of hydrogen-bond acceptors (Lipinski definition) is 3. The average molecular weight is 357 g/mol. The lowest BCUT2D eigenvalue weighted by Crippen LogP contribution is -2.41. The Hall–Kier alpha value is -2.36. The zero-order valence-electron chi connectivity index (χ0n) is 17.1. The number of methoxy groups -OCH3 is 1. The first-order valence-electron chi connectivity index (χ1n) is 8.90. The van der Waals surface area contributed by atoms with Gasteiger partial charge in [-0.1, -0.05) is 44.2 Å². The van der Waals surface area contributed by atoms with E-state index in [1.54, 1.807) is 20.4 Å². The van der Waals surface area contributed by atoms with Crippen LogP contribution in [0.3, 0.4) is 0 Å². The zero-order valence-corrected chi connectivity index (χ0v) is 17.1. The van der Waals surface area contributed by atoms with Gasteiger partial charge in [-0.05, 0) is 38.3 Å². The van der Waals surface area contributed by atoms with Crippen molar-refractivity contribution in [2.45, 2.75) is 40.0 Å². The molecule has 0 saturated carbocycles. The predicted molar refractivity (Wildman–Crippen MR) is 111 cm³/mol. The Balaban J connectivity index is 3.30. The van der Waals surface area contributed by atoms with Gasteiger partial charge in [-0.25, -0.2) is 0 Å². The monoisotopic (exact) mass is 356 g/mol. The molecule has 1 rings (SSSR count). The quantitative estimate of drug-likeness (QED) is 0.554. The average Bonchev–Trinajstić information content (AvgIpc) is 2.58. The van der Waals surface area contributed by atoms with Gasteiger partial charge in [-0.3, -0.25) is 9.79 Å². The summed E-state index contributed by atoms with van der Waals surface area (Å²) in [6.45, 7) is 14.6. The molecule has 142 valence electrons. The number of hydrogen-bond donors (Lipinski definition) is 1. The van der Waals surface area contributed by atoms with Crippen LogP contribution in [0.25, 0.3) is 5.57 Å². The fourth-order valence-electron chi connectivity index (χ4n) is 2.56. The minimum atomic E-state index is -0.655. The second-order valence-electron chi connectivity index (χ2n) is 7.48. The number of amides is 1. The lowest BCUT2D eigenvalue weighted by atomic mass is 9.82. The molecule has 0 unspecified atom stereocenters. The number of rotatable bonds is 8. The summed E-state index contributed by atoms with van der Waals surface area (Å²) in [7, 11) is 3.37. The SMILES string of the molecule is C=C(C)/C=C(\C=NC)c1ccc(C(C)(C)C(=O)NCC(C)C)cc1OC. The van der Waals surface area contributed by atoms with Crippen LogP contribution in [-0.4, -0.2) is 32.8 Å². The Kier molecular flexibility index (Phi) is 7.81. The van der Waals surface area contributed by atoms with Gasteiger partial charge in [0, 0.05) is 30.9 Å². The molecule has 26 heavy (non-hydrogen) atoms. The lowest BCUT2D eigenvalue weighted by Gasteiger charge is -2.26. The highest BCUT2D eigenvalue weighted by molar-refractivity contribution is 6.11. The molecule has 1 aromatic rings. The van der Waals surface area contributed by atoms with Crippen molar-refractivity contribution < 1.29 is 9.53 Å². The van der Waals surface area contributed by atoms with E-state index in [0.29, 0.717) is 18.2 Å². The van der Waals surface area contributed by atoms with Crippen LogP contribution in [0.4, 0.5) is 0 Å². The highest BCUT2D eigenvalue weighted by Gasteiger charge is 2.30. The predicted octanol–water partition coefficient (Wildman–Crippen LogP) is 4.41. The van der Waals surface area contributed by atoms with Gasteiger partial charge in [0.25, 0.3) is 0 Å². The normalized spacial score (nSPS) is 12.5. The molecular formula is C22H32N2O2. The van der Waals surface area contributed by atoms with Gasteiger partial charge in [-0.2, -0.15) is 0 Å². The minimum absolute atomic E-state index is 0.00817. The first-order valence-corrected chi connectivity index (χ1v) is 8.90. The van der Waals surface area contributed by atoms with Gasteiger partial charge in [0.1, 0.15) is 5.75 Å². The van der Waals surface area contributed by atoms with Crippen molar-refractivity contribution >= 4 is 17.7 Å². The molecule has 0 saturated heterocycles. The third kappa shape index (κ3) is 5.58. The fourth-order valence-corrected chi connectivity index (χ4v) is 2.56. The van der Waals surface area contributed by atoms with E-state index in [2.05, 4.69) is 30.7 Å². The van der Waals surface area contributed by atoms with Crippen molar-refractivity contribution in [2.24, 2.45) is 10.9 Å². The van der Waals surface area contributed by atoms with Crippen LogP contribution in [0.1, 0.15) is 45.7 Å². The zero-order chi connectivity index (χ0) is 19.9. The number of carbonyl (C=O) groups excluding carboxylic acids is 1. The molecule has 1 N–H and O–H groups in total. The van der Waals surface area contributed by atoms with E-state index in [4.69, 9.17) is 4.74 Å². The van der Waals surface area contributed by atoms with E-state index in [9.17, 15) is 4.79 Å². The number of nitrogens with one attached hydrogen (secondary N) is 1. The molecular weight excluding hydrogens is 324 g/mol. The molecule has 0 atom stereocenters. The van der Waals surface area contributed by atoms with Crippen LogP contribution in [0.2, 0.25) is 0 Å². The van der Waals surface area contributed by atoms with Gasteiger partial charge in [0.2, 0.25) is 5.91 Å². The highest BCUT2D eigenvalue weighted by Crippen LogP contribution is 2.32. The second kappa shape index (κ2) is 9.37. The van der Waals surface area contributed by atoms with E-state index in [0.717, 1.165) is 22.3 Å². The topological polar surface area (TPSA) is 50.7 Å². The number of carbonyl (C=O) groups is 1. The molecule has 4 nitrogen and oxygen atoms in total. The Morgan fingerprint density at radius 2 is 2.04 bits per heavy atom. The second-order valence-corrected chi connectivity index (χ2v) is 7.48. The summed E-state index contributed by atoms with van der Waals surface area (Å²) in [6, 6.07) is 5.88. The number of allylic oxidation sites excluding steroid dienone is 3. The first-order chi connectivity index (χ1) is 12.1. The molecule has 0 aromatic heterocycles. The minimum Gasteiger partial charge on any atom is -0.496 e. The van der Waals surface area contributed by atoms with Gasteiger partial charge in [-0.15, -0.1) is 0 Å². The molecule has 4 heteroatoms. The van der Waals surface area contributed by atoms with Crippen LogP contribution in [0, 0.1) is 5.92 Å². The molecule has 0 aliphatic heterocycles. The smallest absolute Gasteiger partial charge is 0.230 e. The number of benzene rings is 1. The lowest BCUT2D eigenvalue weighted by molar-refractivity contribution is -0.125. The molecule has 0 bridgehead atoms. The maximum absolute atomic E-state index is 12.6. The Morgan fingerprint density at radius 3 is 2.54 bits per heavy atom. The van der Waals surface area contributed by atoms with Crippen molar-refractivity contribution in [1.29, 1.82) is 0 Å². The summed E-state index contributed by atoms with van der Waals surface area (Å²) in [5, 5.41) is 3.02. The Bertz CT molecular complexity index is 713. The number of nitrogens with zero attached hydrogens (tertiary/aromatic N) is 1. The molecule has 1 amide bonds. The summed E-state index contributed by atoms with van der Waals surface area (Å²) < 4.78 is 5.60. The maximum atomic E-state index is 12.6. The number of ether oxygens (including phenoxy) is 1. The van der Waals surface area contributed by atoms with Crippen molar-refractivity contribution in [3.63, 3.8) is 0 Å². The van der Waals surface area contributed by atoms with Gasteiger partial charge in [0.05, 0.1) is 12.5 Å². The standard InChI is InChI=1S/C22H32N2O2/c1-15(2)11-17(14-23-7)19-10-9-18(12-20(19)26-8)22(5,6)21(25)24-13-16(3)4/h9-12,14,16H,1,13H2,2-8H3,(H,24,25)/b17-11+,23-14?. The maximum Gasteiger partial charge on any atom is 0.230 e. The van der Waals surface area contributed by atoms with Crippen molar-refractivity contribution in [3.05, 3.63) is 47.6 Å². The fraction of sp³-hybridized carbons (Fsp3) is 0.455. The molecule has 0 radical (unpaired) electrons. The van der Waals surface area contributed by atoms with Crippen molar-refractivity contribution in [1.82, 2.24) is 5.32 Å². The van der Waals surface area contributed by atoms with Crippen LogP contribution >= 0.6 is 0 Å². The summed E-state index contributed by atoms with van der Waals surface area (Å²) in [4.78, 5) is 16.8. The third-order valence-electron chi connectivity index (χ3n) is 4.14. The van der Waals surface area contributed by atoms with Gasteiger partial charge >= 0.3 is 0 Å². The van der Waals surface area contributed by atoms with E-state index in [1.165, 1.54) is 0 Å². The molecule has 0 heterocycles. The van der Waals surface area contributed by atoms with Gasteiger partial charge < -0.3 is 10.1 Å². The van der Waals surface area contributed by atoms with Crippen LogP contribution in [0.15, 0.2) is 41.4 Å². The van der Waals surface area contributed by atoms with Crippen molar-refractivity contribution in [2.75, 3.05) is 20.7 Å². The Labute approximate surface area is 158 Å². The summed E-state index contributed by atoms with van der Waals surface area (Å²) in [5.41, 5.74) is 3.02. The molecule has 0 spiro atoms.